The average Bonchev–Trinajstić information content (AvgIpc) is 3.22. The molecule has 0 atom stereocenters. The maximum absolute atomic E-state index is 5.68. The molecule has 1 aliphatic heterocycles. The van der Waals surface area contributed by atoms with Crippen molar-refractivity contribution in [3.63, 3.8) is 0 Å². The highest BCUT2D eigenvalue weighted by molar-refractivity contribution is 5.93. The number of rotatable bonds is 5. The molecule has 8 heteroatoms. The van der Waals surface area contributed by atoms with Gasteiger partial charge in [-0.1, -0.05) is 48.5 Å². The first-order valence-electron chi connectivity index (χ1n) is 10.4. The maximum atomic E-state index is 5.68. The lowest BCUT2D eigenvalue weighted by Gasteiger charge is -2.32. The monoisotopic (exact) mass is 415 g/mol. The van der Waals surface area contributed by atoms with Crippen molar-refractivity contribution in [2.45, 2.75) is 0 Å². The van der Waals surface area contributed by atoms with E-state index in [1.54, 1.807) is 7.11 Å². The van der Waals surface area contributed by atoms with Gasteiger partial charge in [-0.2, -0.15) is 5.10 Å². The summed E-state index contributed by atoms with van der Waals surface area (Å²) in [4.78, 5) is 13.8. The van der Waals surface area contributed by atoms with E-state index in [4.69, 9.17) is 9.72 Å². The van der Waals surface area contributed by atoms with Crippen LogP contribution in [0.4, 0.5) is 17.6 Å². The van der Waals surface area contributed by atoms with Crippen LogP contribution in [-0.4, -0.2) is 65.4 Å². The van der Waals surface area contributed by atoms with Gasteiger partial charge in [-0.15, -0.1) is 0 Å². The fourth-order valence-electron chi connectivity index (χ4n) is 3.91. The minimum absolute atomic E-state index is 0.489. The Kier molecular flexibility index (Phi) is 5.13. The molecule has 5 rings (SSSR count). The number of nitrogens with one attached hydrogen (secondary N) is 2. The molecule has 0 bridgehead atoms. The van der Waals surface area contributed by atoms with Crippen LogP contribution in [0.2, 0.25) is 0 Å². The molecule has 0 saturated carbocycles. The highest BCUT2D eigenvalue weighted by Gasteiger charge is 2.23. The molecule has 4 aromatic rings. The molecule has 3 heterocycles. The number of methoxy groups -OCH3 is 1. The van der Waals surface area contributed by atoms with E-state index in [0.717, 1.165) is 54.0 Å². The smallest absolute Gasteiger partial charge is 0.229 e. The van der Waals surface area contributed by atoms with Gasteiger partial charge in [0.2, 0.25) is 11.7 Å². The summed E-state index contributed by atoms with van der Waals surface area (Å²) in [6.45, 7) is 3.80. The van der Waals surface area contributed by atoms with E-state index in [-0.39, 0.29) is 0 Å². The van der Waals surface area contributed by atoms with Crippen molar-refractivity contribution in [3.8, 4) is 16.9 Å². The topological polar surface area (TPSA) is 82.2 Å². The second-order valence-electron chi connectivity index (χ2n) is 7.67. The van der Waals surface area contributed by atoms with E-state index in [1.165, 1.54) is 0 Å². The zero-order valence-corrected chi connectivity index (χ0v) is 17.7. The van der Waals surface area contributed by atoms with E-state index in [0.29, 0.717) is 17.5 Å². The number of nitrogens with zero attached hydrogens (tertiary/aromatic N) is 5. The number of aromatic amines is 1. The van der Waals surface area contributed by atoms with Gasteiger partial charge in [0.05, 0.1) is 12.6 Å². The zero-order chi connectivity index (χ0) is 21.2. The number of para-hydroxylation sites is 1. The van der Waals surface area contributed by atoms with Crippen molar-refractivity contribution >= 4 is 28.5 Å². The van der Waals surface area contributed by atoms with Crippen molar-refractivity contribution < 1.29 is 4.74 Å². The van der Waals surface area contributed by atoms with Crippen molar-refractivity contribution in [1.29, 1.82) is 0 Å². The summed E-state index contributed by atoms with van der Waals surface area (Å²) in [6, 6.07) is 16.4. The summed E-state index contributed by atoms with van der Waals surface area (Å²) < 4.78 is 5.68. The molecule has 0 spiro atoms. The third-order valence-corrected chi connectivity index (χ3v) is 5.64. The fourth-order valence-corrected chi connectivity index (χ4v) is 3.91. The molecule has 158 valence electrons. The standard InChI is InChI=1S/C23H25N7O/c1-29-11-13-30(14-12-29)22-20(31-2)21(27-28-22)26-23-24-15-17-9-6-10-18(19(17)25-23)16-7-4-3-5-8-16/h3-10,15H,11-14H2,1-2H3,(H2,24,25,26,27,28). The van der Waals surface area contributed by atoms with Gasteiger partial charge in [0.1, 0.15) is 0 Å². The Bertz CT molecular complexity index is 1180. The van der Waals surface area contributed by atoms with Crippen LogP contribution in [0.25, 0.3) is 22.0 Å². The molecule has 31 heavy (non-hydrogen) atoms. The van der Waals surface area contributed by atoms with E-state index >= 15 is 0 Å². The zero-order valence-electron chi connectivity index (χ0n) is 17.7. The number of ether oxygens (including phenoxy) is 1. The Morgan fingerprint density at radius 2 is 1.81 bits per heavy atom. The molecule has 0 unspecified atom stereocenters. The Morgan fingerprint density at radius 3 is 2.58 bits per heavy atom. The predicted molar refractivity (Wildman–Crippen MR) is 123 cm³/mol. The molecule has 0 aliphatic carbocycles. The number of aromatic nitrogens is 4. The van der Waals surface area contributed by atoms with Gasteiger partial charge >= 0.3 is 0 Å². The highest BCUT2D eigenvalue weighted by Crippen LogP contribution is 2.35. The Morgan fingerprint density at radius 1 is 1.00 bits per heavy atom. The molecular weight excluding hydrogens is 390 g/mol. The number of H-pyrrole nitrogens is 1. The predicted octanol–water partition coefficient (Wildman–Crippen LogP) is 3.52. The van der Waals surface area contributed by atoms with Crippen LogP contribution in [0.15, 0.2) is 54.7 Å². The van der Waals surface area contributed by atoms with Gasteiger partial charge < -0.3 is 19.9 Å². The van der Waals surface area contributed by atoms with E-state index < -0.39 is 0 Å². The van der Waals surface area contributed by atoms with Gasteiger partial charge in [-0.25, -0.2) is 9.97 Å². The number of piperazine rings is 1. The summed E-state index contributed by atoms with van der Waals surface area (Å²) in [5.74, 6) is 2.61. The van der Waals surface area contributed by atoms with E-state index in [2.05, 4.69) is 55.5 Å². The SMILES string of the molecule is COc1c(N2CCN(C)CC2)n[nH]c1Nc1ncc2cccc(-c3ccccc3)c2n1. The minimum Gasteiger partial charge on any atom is -0.490 e. The summed E-state index contributed by atoms with van der Waals surface area (Å²) in [5.41, 5.74) is 3.08. The van der Waals surface area contributed by atoms with Crippen LogP contribution < -0.4 is 15.0 Å². The van der Waals surface area contributed by atoms with Crippen LogP contribution in [0, 0.1) is 0 Å². The normalized spacial score (nSPS) is 14.7. The van der Waals surface area contributed by atoms with Gasteiger partial charge in [-0.05, 0) is 12.6 Å². The van der Waals surface area contributed by atoms with Gasteiger partial charge in [0.15, 0.2) is 11.6 Å². The molecule has 2 aromatic heterocycles. The second kappa shape index (κ2) is 8.23. The molecule has 0 amide bonds. The molecule has 1 saturated heterocycles. The van der Waals surface area contributed by atoms with Crippen LogP contribution in [0.1, 0.15) is 0 Å². The average molecular weight is 416 g/mol. The van der Waals surface area contributed by atoms with E-state index in [1.807, 2.05) is 36.5 Å². The molecule has 8 nitrogen and oxygen atoms in total. The number of hydrogen-bond donors (Lipinski definition) is 2. The van der Waals surface area contributed by atoms with Gasteiger partial charge in [0, 0.05) is 43.3 Å². The van der Waals surface area contributed by atoms with Crippen LogP contribution >= 0.6 is 0 Å². The first kappa shape index (κ1) is 19.3. The van der Waals surface area contributed by atoms with Crippen LogP contribution in [-0.2, 0) is 0 Å². The quantitative estimate of drug-likeness (QED) is 0.516. The van der Waals surface area contributed by atoms with Crippen molar-refractivity contribution in [2.75, 3.05) is 50.6 Å². The number of likely N-dealkylation sites (N-methyl/N-ethyl adjacent to an activating group) is 1. The first-order valence-corrected chi connectivity index (χ1v) is 10.4. The Hall–Kier alpha value is -3.65. The second-order valence-corrected chi connectivity index (χ2v) is 7.67. The maximum Gasteiger partial charge on any atom is 0.229 e. The Balaban J connectivity index is 1.47. The van der Waals surface area contributed by atoms with E-state index in [9.17, 15) is 0 Å². The third-order valence-electron chi connectivity index (χ3n) is 5.64. The Labute approximate surface area is 180 Å². The van der Waals surface area contributed by atoms with Crippen molar-refractivity contribution in [1.82, 2.24) is 25.1 Å². The van der Waals surface area contributed by atoms with Crippen molar-refractivity contribution in [2.24, 2.45) is 0 Å². The number of hydrogen-bond acceptors (Lipinski definition) is 7. The number of benzene rings is 2. The molecule has 1 fully saturated rings. The fraction of sp³-hybridized carbons (Fsp3) is 0.261. The lowest BCUT2D eigenvalue weighted by molar-refractivity contribution is 0.310. The molecule has 2 N–H and O–H groups in total. The van der Waals surface area contributed by atoms with Crippen molar-refractivity contribution in [3.05, 3.63) is 54.7 Å². The highest BCUT2D eigenvalue weighted by atomic mass is 16.5. The lowest BCUT2D eigenvalue weighted by atomic mass is 10.0. The van der Waals surface area contributed by atoms with Gasteiger partial charge in [-0.3, -0.25) is 5.10 Å². The summed E-state index contributed by atoms with van der Waals surface area (Å²) in [5, 5.41) is 11.8. The number of anilines is 3. The third kappa shape index (κ3) is 3.77. The largest absolute Gasteiger partial charge is 0.490 e. The summed E-state index contributed by atoms with van der Waals surface area (Å²) in [6.07, 6.45) is 1.83. The molecule has 2 aromatic carbocycles. The minimum atomic E-state index is 0.489. The summed E-state index contributed by atoms with van der Waals surface area (Å²) in [7, 11) is 3.79. The van der Waals surface area contributed by atoms with Gasteiger partial charge in [0.25, 0.3) is 0 Å². The molecule has 1 aliphatic rings. The van der Waals surface area contributed by atoms with Crippen LogP contribution in [0.3, 0.4) is 0 Å². The first-order chi connectivity index (χ1) is 15.2. The molecule has 0 radical (unpaired) electrons. The lowest BCUT2D eigenvalue weighted by Crippen LogP contribution is -2.44. The van der Waals surface area contributed by atoms with Crippen LogP contribution in [0.5, 0.6) is 5.75 Å². The molecular formula is C23H25N7O. The number of fused-ring (bicyclic) bond motifs is 1. The summed E-state index contributed by atoms with van der Waals surface area (Å²) >= 11 is 0.